The van der Waals surface area contributed by atoms with Crippen molar-refractivity contribution in [1.82, 2.24) is 4.90 Å². The van der Waals surface area contributed by atoms with E-state index in [9.17, 15) is 5.11 Å². The summed E-state index contributed by atoms with van der Waals surface area (Å²) in [7, 11) is 0. The quantitative estimate of drug-likeness (QED) is 0.770. The van der Waals surface area contributed by atoms with E-state index in [4.69, 9.17) is 5.73 Å². The molecule has 1 heterocycles. The van der Waals surface area contributed by atoms with Crippen molar-refractivity contribution in [3.63, 3.8) is 0 Å². The van der Waals surface area contributed by atoms with Crippen LogP contribution in [0.25, 0.3) is 0 Å². The van der Waals surface area contributed by atoms with Crippen LogP contribution in [0.15, 0.2) is 0 Å². The molecular weight excluding hydrogens is 236 g/mol. The fourth-order valence-corrected chi connectivity index (χ4v) is 4.26. The Morgan fingerprint density at radius 3 is 2.05 bits per heavy atom. The Hall–Kier alpha value is -0.120. The van der Waals surface area contributed by atoms with Gasteiger partial charge in [-0.2, -0.15) is 0 Å². The Morgan fingerprint density at radius 1 is 1.00 bits per heavy atom. The molecule has 0 aromatic carbocycles. The van der Waals surface area contributed by atoms with Crippen LogP contribution in [0.3, 0.4) is 0 Å². The van der Waals surface area contributed by atoms with E-state index in [2.05, 4.69) is 11.8 Å². The van der Waals surface area contributed by atoms with Crippen molar-refractivity contribution < 1.29 is 5.11 Å². The van der Waals surface area contributed by atoms with E-state index in [0.717, 1.165) is 38.8 Å². The molecule has 3 heteroatoms. The summed E-state index contributed by atoms with van der Waals surface area (Å²) >= 11 is 0. The highest BCUT2D eigenvalue weighted by Gasteiger charge is 2.49. The van der Waals surface area contributed by atoms with Gasteiger partial charge in [0.15, 0.2) is 0 Å². The summed E-state index contributed by atoms with van der Waals surface area (Å²) < 4.78 is 0. The number of hydrogen-bond acceptors (Lipinski definition) is 3. The van der Waals surface area contributed by atoms with E-state index in [1.54, 1.807) is 0 Å². The zero-order valence-electron chi connectivity index (χ0n) is 12.7. The van der Waals surface area contributed by atoms with Gasteiger partial charge in [-0.05, 0) is 38.6 Å². The van der Waals surface area contributed by atoms with Crippen LogP contribution in [-0.2, 0) is 0 Å². The maximum atomic E-state index is 11.3. The molecule has 1 aliphatic carbocycles. The summed E-state index contributed by atoms with van der Waals surface area (Å²) in [5.74, 6) is 0. The van der Waals surface area contributed by atoms with Crippen LogP contribution in [0.4, 0.5) is 0 Å². The highest BCUT2D eigenvalue weighted by atomic mass is 16.3. The lowest BCUT2D eigenvalue weighted by atomic mass is 9.63. The molecular formula is C16H32N2O. The van der Waals surface area contributed by atoms with Crippen LogP contribution in [0.2, 0.25) is 0 Å². The number of hydrogen-bond donors (Lipinski definition) is 2. The largest absolute Gasteiger partial charge is 0.389 e. The lowest BCUT2D eigenvalue weighted by Crippen LogP contribution is -2.57. The van der Waals surface area contributed by atoms with Gasteiger partial charge >= 0.3 is 0 Å². The first kappa shape index (κ1) is 15.3. The summed E-state index contributed by atoms with van der Waals surface area (Å²) in [6.45, 7) is 6.16. The second kappa shape index (κ2) is 6.55. The second-order valence-corrected chi connectivity index (χ2v) is 6.77. The van der Waals surface area contributed by atoms with E-state index < -0.39 is 5.60 Å². The predicted octanol–water partition coefficient (Wildman–Crippen LogP) is 2.52. The fourth-order valence-electron chi connectivity index (χ4n) is 4.26. The van der Waals surface area contributed by atoms with Gasteiger partial charge in [0, 0.05) is 25.0 Å². The van der Waals surface area contributed by atoms with Crippen LogP contribution < -0.4 is 5.73 Å². The first-order valence-corrected chi connectivity index (χ1v) is 8.31. The highest BCUT2D eigenvalue weighted by molar-refractivity contribution is 5.02. The third-order valence-corrected chi connectivity index (χ3v) is 5.66. The van der Waals surface area contributed by atoms with Crippen molar-refractivity contribution in [3.05, 3.63) is 0 Å². The van der Waals surface area contributed by atoms with Crippen molar-refractivity contribution in [1.29, 1.82) is 0 Å². The maximum Gasteiger partial charge on any atom is 0.0740 e. The number of nitrogens with zero attached hydrogens (tertiary/aromatic N) is 1. The molecule has 0 atom stereocenters. The van der Waals surface area contributed by atoms with Crippen LogP contribution >= 0.6 is 0 Å². The molecule has 112 valence electrons. The van der Waals surface area contributed by atoms with Gasteiger partial charge in [0.1, 0.15) is 0 Å². The van der Waals surface area contributed by atoms with Gasteiger partial charge in [-0.15, -0.1) is 0 Å². The molecule has 0 unspecified atom stereocenters. The molecule has 3 nitrogen and oxygen atoms in total. The summed E-state index contributed by atoms with van der Waals surface area (Å²) in [5.41, 5.74) is 5.64. The predicted molar refractivity (Wildman–Crippen MR) is 80.1 cm³/mol. The molecule has 1 saturated heterocycles. The average molecular weight is 268 g/mol. The molecule has 2 rings (SSSR count). The third-order valence-electron chi connectivity index (χ3n) is 5.66. The minimum absolute atomic E-state index is 0.00179. The molecule has 0 radical (unpaired) electrons. The average Bonchev–Trinajstić information content (AvgIpc) is 2.68. The first-order valence-electron chi connectivity index (χ1n) is 8.31. The van der Waals surface area contributed by atoms with Gasteiger partial charge < -0.3 is 15.7 Å². The lowest BCUT2D eigenvalue weighted by Gasteiger charge is -2.51. The van der Waals surface area contributed by atoms with Gasteiger partial charge in [-0.25, -0.2) is 0 Å². The van der Waals surface area contributed by atoms with Gasteiger partial charge in [-0.3, -0.25) is 0 Å². The summed E-state index contributed by atoms with van der Waals surface area (Å²) in [5, 5.41) is 11.3. The molecule has 0 spiro atoms. The van der Waals surface area contributed by atoms with Crippen molar-refractivity contribution in [2.45, 2.75) is 70.3 Å². The lowest BCUT2D eigenvalue weighted by molar-refractivity contribution is -0.124. The van der Waals surface area contributed by atoms with Crippen molar-refractivity contribution in [2.24, 2.45) is 11.1 Å². The Balaban J connectivity index is 2.05. The Bertz CT molecular complexity index is 264. The molecule has 2 fully saturated rings. The number of aliphatic hydroxyl groups is 1. The van der Waals surface area contributed by atoms with Crippen LogP contribution in [0.5, 0.6) is 0 Å². The van der Waals surface area contributed by atoms with E-state index in [-0.39, 0.29) is 5.41 Å². The molecule has 0 aromatic rings. The summed E-state index contributed by atoms with van der Waals surface area (Å²) in [6, 6.07) is 0. The van der Waals surface area contributed by atoms with Crippen LogP contribution in [0, 0.1) is 5.41 Å². The number of likely N-dealkylation sites (tertiary alicyclic amines) is 1. The number of nitrogens with two attached hydrogens (primary N) is 1. The smallest absolute Gasteiger partial charge is 0.0740 e. The van der Waals surface area contributed by atoms with Gasteiger partial charge in [0.2, 0.25) is 0 Å². The minimum Gasteiger partial charge on any atom is -0.389 e. The second-order valence-electron chi connectivity index (χ2n) is 6.77. The maximum absolute atomic E-state index is 11.3. The first-order chi connectivity index (χ1) is 9.16. The monoisotopic (exact) mass is 268 g/mol. The molecule has 3 N–H and O–H groups in total. The van der Waals surface area contributed by atoms with E-state index in [1.165, 1.54) is 38.6 Å². The summed E-state index contributed by atoms with van der Waals surface area (Å²) in [4.78, 5) is 2.50. The fraction of sp³-hybridized carbons (Fsp3) is 1.00. The minimum atomic E-state index is -0.504. The topological polar surface area (TPSA) is 49.5 Å². The van der Waals surface area contributed by atoms with Gasteiger partial charge in [0.05, 0.1) is 5.60 Å². The highest BCUT2D eigenvalue weighted by Crippen LogP contribution is 2.47. The van der Waals surface area contributed by atoms with E-state index in [1.807, 2.05) is 0 Å². The molecule has 0 amide bonds. The Labute approximate surface area is 118 Å². The zero-order valence-corrected chi connectivity index (χ0v) is 12.7. The SMILES string of the molecule is CCCN1CCC(O)(C2(CN)CCCCCC2)CC1. The number of piperidine rings is 1. The van der Waals surface area contributed by atoms with Crippen molar-refractivity contribution >= 4 is 0 Å². The van der Waals surface area contributed by atoms with E-state index >= 15 is 0 Å². The van der Waals surface area contributed by atoms with Gasteiger partial charge in [0.25, 0.3) is 0 Å². The molecule has 2 aliphatic rings. The molecule has 19 heavy (non-hydrogen) atoms. The zero-order chi connectivity index (χ0) is 13.8. The van der Waals surface area contributed by atoms with Crippen molar-refractivity contribution in [2.75, 3.05) is 26.2 Å². The van der Waals surface area contributed by atoms with E-state index in [0.29, 0.717) is 6.54 Å². The third kappa shape index (κ3) is 3.14. The van der Waals surface area contributed by atoms with Crippen LogP contribution in [-0.4, -0.2) is 41.8 Å². The van der Waals surface area contributed by atoms with Crippen LogP contribution in [0.1, 0.15) is 64.7 Å². The Morgan fingerprint density at radius 2 is 1.58 bits per heavy atom. The standard InChI is InChI=1S/C16H32N2O/c1-2-11-18-12-9-16(19,10-13-18)15(14-17)7-5-3-4-6-8-15/h19H,2-14,17H2,1H3. The summed E-state index contributed by atoms with van der Waals surface area (Å²) in [6.07, 6.45) is 10.5. The molecule has 0 aromatic heterocycles. The Kier molecular flexibility index (Phi) is 5.27. The molecule has 1 aliphatic heterocycles. The van der Waals surface area contributed by atoms with Gasteiger partial charge in [-0.1, -0.05) is 32.6 Å². The molecule has 0 bridgehead atoms. The number of rotatable bonds is 4. The molecule has 1 saturated carbocycles. The normalized spacial score (nSPS) is 27.9. The van der Waals surface area contributed by atoms with Crippen molar-refractivity contribution in [3.8, 4) is 0 Å².